The summed E-state index contributed by atoms with van der Waals surface area (Å²) < 4.78 is 0. The fourth-order valence-corrected chi connectivity index (χ4v) is 2.69. The quantitative estimate of drug-likeness (QED) is 0.603. The number of amides is 3. The molecule has 0 aromatic heterocycles. The van der Waals surface area contributed by atoms with Crippen LogP contribution in [0.15, 0.2) is 72.8 Å². The Balaban J connectivity index is 1.64. The lowest BCUT2D eigenvalue weighted by molar-refractivity contribution is -0.114. The number of nitrogens with zero attached hydrogens (tertiary/aromatic N) is 1. The second-order valence-corrected chi connectivity index (χ2v) is 6.44. The number of nitriles is 1. The van der Waals surface area contributed by atoms with E-state index in [0.717, 1.165) is 0 Å². The number of anilines is 3. The van der Waals surface area contributed by atoms with Gasteiger partial charge in [0.1, 0.15) is 0 Å². The van der Waals surface area contributed by atoms with Crippen molar-refractivity contribution in [3.63, 3.8) is 0 Å². The van der Waals surface area contributed by atoms with E-state index in [0.29, 0.717) is 33.8 Å². The molecule has 7 heteroatoms. The molecule has 3 aromatic rings. The zero-order chi connectivity index (χ0) is 21.5. The van der Waals surface area contributed by atoms with Crippen LogP contribution in [0.2, 0.25) is 0 Å². The smallest absolute Gasteiger partial charge is 0.255 e. The standard InChI is InChI=1S/C23H18N4O3/c1-15(28)25-20-3-2-4-21(13-20)27-23(30)18-9-7-17(8-10-18)22(29)26-19-11-5-16(14-24)6-12-19/h2-13H,1H3,(H,25,28)(H,26,29)(H,27,30). The molecule has 3 N–H and O–H groups in total. The SMILES string of the molecule is CC(=O)Nc1cccc(NC(=O)c2ccc(C(=O)Nc3ccc(C#N)cc3)cc2)c1. The Hall–Kier alpha value is -4.44. The van der Waals surface area contributed by atoms with E-state index in [1.165, 1.54) is 6.92 Å². The van der Waals surface area contributed by atoms with Crippen molar-refractivity contribution in [3.8, 4) is 6.07 Å². The van der Waals surface area contributed by atoms with Crippen molar-refractivity contribution in [2.75, 3.05) is 16.0 Å². The molecule has 0 bridgehead atoms. The van der Waals surface area contributed by atoms with Crippen molar-refractivity contribution in [1.82, 2.24) is 0 Å². The van der Waals surface area contributed by atoms with E-state index >= 15 is 0 Å². The van der Waals surface area contributed by atoms with E-state index in [1.807, 2.05) is 6.07 Å². The summed E-state index contributed by atoms with van der Waals surface area (Å²) in [4.78, 5) is 36.0. The maximum absolute atomic E-state index is 12.5. The summed E-state index contributed by atoms with van der Waals surface area (Å²) in [5.74, 6) is -0.864. The van der Waals surface area contributed by atoms with Gasteiger partial charge in [0.25, 0.3) is 11.8 Å². The number of hydrogen-bond acceptors (Lipinski definition) is 4. The predicted molar refractivity (Wildman–Crippen MR) is 114 cm³/mol. The summed E-state index contributed by atoms with van der Waals surface area (Å²) in [6, 6.07) is 21.6. The first kappa shape index (κ1) is 20.3. The molecule has 0 radical (unpaired) electrons. The lowest BCUT2D eigenvalue weighted by Crippen LogP contribution is -2.14. The van der Waals surface area contributed by atoms with Gasteiger partial charge < -0.3 is 16.0 Å². The van der Waals surface area contributed by atoms with Crippen molar-refractivity contribution in [2.24, 2.45) is 0 Å². The average molecular weight is 398 g/mol. The van der Waals surface area contributed by atoms with Crippen molar-refractivity contribution in [3.05, 3.63) is 89.5 Å². The van der Waals surface area contributed by atoms with E-state index < -0.39 is 0 Å². The third kappa shape index (κ3) is 5.30. The Labute approximate surface area is 173 Å². The van der Waals surface area contributed by atoms with E-state index in [4.69, 9.17) is 5.26 Å². The van der Waals surface area contributed by atoms with Crippen LogP contribution in [-0.4, -0.2) is 17.7 Å². The Morgan fingerprint density at radius 2 is 1.20 bits per heavy atom. The van der Waals surface area contributed by atoms with Gasteiger partial charge in [-0.25, -0.2) is 0 Å². The maximum Gasteiger partial charge on any atom is 0.255 e. The second-order valence-electron chi connectivity index (χ2n) is 6.44. The Bertz CT molecular complexity index is 1130. The van der Waals surface area contributed by atoms with Crippen LogP contribution < -0.4 is 16.0 Å². The van der Waals surface area contributed by atoms with E-state index in [2.05, 4.69) is 16.0 Å². The van der Waals surface area contributed by atoms with Crippen molar-refractivity contribution in [2.45, 2.75) is 6.92 Å². The molecule has 0 atom stereocenters. The molecule has 148 valence electrons. The summed E-state index contributed by atoms with van der Waals surface area (Å²) in [7, 11) is 0. The van der Waals surface area contributed by atoms with Gasteiger partial charge in [-0.1, -0.05) is 6.07 Å². The molecular formula is C23H18N4O3. The number of hydrogen-bond donors (Lipinski definition) is 3. The largest absolute Gasteiger partial charge is 0.326 e. The van der Waals surface area contributed by atoms with Crippen molar-refractivity contribution < 1.29 is 14.4 Å². The number of carbonyl (C=O) groups is 3. The molecule has 0 unspecified atom stereocenters. The van der Waals surface area contributed by atoms with E-state index in [-0.39, 0.29) is 17.7 Å². The zero-order valence-corrected chi connectivity index (χ0v) is 16.1. The molecule has 0 aliphatic heterocycles. The van der Waals surface area contributed by atoms with Crippen LogP contribution in [0.5, 0.6) is 0 Å². The fourth-order valence-electron chi connectivity index (χ4n) is 2.69. The molecule has 30 heavy (non-hydrogen) atoms. The molecule has 0 saturated carbocycles. The third-order valence-corrected chi connectivity index (χ3v) is 4.12. The van der Waals surface area contributed by atoms with Gasteiger partial charge in [0.05, 0.1) is 11.6 Å². The first-order valence-electron chi connectivity index (χ1n) is 9.05. The minimum Gasteiger partial charge on any atom is -0.326 e. The van der Waals surface area contributed by atoms with Gasteiger partial charge in [-0.3, -0.25) is 14.4 Å². The molecule has 0 heterocycles. The topological polar surface area (TPSA) is 111 Å². The Morgan fingerprint density at radius 1 is 0.700 bits per heavy atom. The maximum atomic E-state index is 12.5. The average Bonchev–Trinajstić information content (AvgIpc) is 2.74. The zero-order valence-electron chi connectivity index (χ0n) is 16.1. The number of benzene rings is 3. The highest BCUT2D eigenvalue weighted by Gasteiger charge is 2.10. The van der Waals surface area contributed by atoms with Crippen LogP contribution in [0.4, 0.5) is 17.1 Å². The van der Waals surface area contributed by atoms with Crippen LogP contribution in [0, 0.1) is 11.3 Å². The summed E-state index contributed by atoms with van der Waals surface area (Å²) >= 11 is 0. The van der Waals surface area contributed by atoms with Gasteiger partial charge >= 0.3 is 0 Å². The molecule has 0 spiro atoms. The molecule has 0 aliphatic carbocycles. The first-order chi connectivity index (χ1) is 14.4. The van der Waals surface area contributed by atoms with Crippen molar-refractivity contribution >= 4 is 34.8 Å². The summed E-state index contributed by atoms with van der Waals surface area (Å²) in [6.45, 7) is 1.41. The molecule has 3 rings (SSSR count). The highest BCUT2D eigenvalue weighted by Crippen LogP contribution is 2.17. The van der Waals surface area contributed by atoms with Gasteiger partial charge in [-0.15, -0.1) is 0 Å². The first-order valence-corrected chi connectivity index (χ1v) is 9.05. The summed E-state index contributed by atoms with van der Waals surface area (Å²) in [6.07, 6.45) is 0. The van der Waals surface area contributed by atoms with Crippen LogP contribution >= 0.6 is 0 Å². The lowest BCUT2D eigenvalue weighted by atomic mass is 10.1. The van der Waals surface area contributed by atoms with E-state index in [9.17, 15) is 14.4 Å². The highest BCUT2D eigenvalue weighted by atomic mass is 16.2. The molecule has 0 saturated heterocycles. The van der Waals surface area contributed by atoms with E-state index in [1.54, 1.807) is 72.8 Å². The lowest BCUT2D eigenvalue weighted by Gasteiger charge is -2.09. The van der Waals surface area contributed by atoms with Crippen LogP contribution in [0.1, 0.15) is 33.2 Å². The molecule has 3 aromatic carbocycles. The van der Waals surface area contributed by atoms with Gasteiger partial charge in [0.15, 0.2) is 0 Å². The highest BCUT2D eigenvalue weighted by molar-refractivity contribution is 6.07. The third-order valence-electron chi connectivity index (χ3n) is 4.12. The molecule has 7 nitrogen and oxygen atoms in total. The minimum absolute atomic E-state index is 0.201. The van der Waals surface area contributed by atoms with Crippen molar-refractivity contribution in [1.29, 1.82) is 5.26 Å². The monoisotopic (exact) mass is 398 g/mol. The van der Waals surface area contributed by atoms with Gasteiger partial charge in [0, 0.05) is 35.1 Å². The fraction of sp³-hybridized carbons (Fsp3) is 0.0435. The van der Waals surface area contributed by atoms with Crippen LogP contribution in [0.25, 0.3) is 0 Å². The van der Waals surface area contributed by atoms with Gasteiger partial charge in [-0.05, 0) is 66.7 Å². The molecule has 3 amide bonds. The van der Waals surface area contributed by atoms with Crippen LogP contribution in [-0.2, 0) is 4.79 Å². The van der Waals surface area contributed by atoms with Gasteiger partial charge in [-0.2, -0.15) is 5.26 Å². The number of carbonyl (C=O) groups excluding carboxylic acids is 3. The number of rotatable bonds is 5. The Kier molecular flexibility index (Phi) is 6.20. The molecule has 0 fully saturated rings. The number of nitrogens with one attached hydrogen (secondary N) is 3. The second kappa shape index (κ2) is 9.17. The normalized spacial score (nSPS) is 9.87. The molecule has 0 aliphatic rings. The molecular weight excluding hydrogens is 380 g/mol. The summed E-state index contributed by atoms with van der Waals surface area (Å²) in [5, 5.41) is 17.0. The Morgan fingerprint density at radius 3 is 1.70 bits per heavy atom. The summed E-state index contributed by atoms with van der Waals surface area (Å²) in [5.41, 5.74) is 2.97. The predicted octanol–water partition coefficient (Wildman–Crippen LogP) is 4.02. The van der Waals surface area contributed by atoms with Crippen LogP contribution in [0.3, 0.4) is 0 Å². The van der Waals surface area contributed by atoms with Gasteiger partial charge in [0.2, 0.25) is 5.91 Å². The minimum atomic E-state index is -0.339.